The zero-order chi connectivity index (χ0) is 8.55. The van der Waals surface area contributed by atoms with E-state index in [1.54, 1.807) is 0 Å². The zero-order valence-electron chi connectivity index (χ0n) is 6.84. The maximum Gasteiger partial charge on any atom is 0.166 e. The van der Waals surface area contributed by atoms with Crippen LogP contribution in [0.1, 0.15) is 16.8 Å². The number of Topliss-reactive ketones (excluding diaryl/α,β-unsaturated/α-hetero) is 1. The number of ketones is 1. The summed E-state index contributed by atoms with van der Waals surface area (Å²) in [6, 6.07) is 5.68. The lowest BCUT2D eigenvalue weighted by molar-refractivity contribution is 0.0984. The van der Waals surface area contributed by atoms with Crippen molar-refractivity contribution in [1.29, 1.82) is 0 Å². The van der Waals surface area contributed by atoms with Crippen molar-refractivity contribution in [1.82, 2.24) is 0 Å². The Morgan fingerprint density at radius 3 is 2.92 bits per heavy atom. The van der Waals surface area contributed by atoms with Crippen LogP contribution >= 0.6 is 28.3 Å². The van der Waals surface area contributed by atoms with Gasteiger partial charge in [-0.3, -0.25) is 4.79 Å². The summed E-state index contributed by atoms with van der Waals surface area (Å²) >= 11 is 3.36. The molecule has 0 bridgehead atoms. The molecule has 1 heterocycles. The minimum atomic E-state index is 0. The van der Waals surface area contributed by atoms with Gasteiger partial charge in [-0.2, -0.15) is 0 Å². The summed E-state index contributed by atoms with van der Waals surface area (Å²) in [5.41, 5.74) is 1.75. The third kappa shape index (κ3) is 2.03. The SMILES string of the molecule is Cl.O=C1CCNc2cc(Br)ccc21. The van der Waals surface area contributed by atoms with Crippen LogP contribution in [-0.4, -0.2) is 12.3 Å². The molecule has 13 heavy (non-hydrogen) atoms. The van der Waals surface area contributed by atoms with Gasteiger partial charge in [-0.25, -0.2) is 0 Å². The van der Waals surface area contributed by atoms with Crippen LogP contribution in [0.15, 0.2) is 22.7 Å². The Morgan fingerprint density at radius 1 is 1.38 bits per heavy atom. The molecule has 1 N–H and O–H groups in total. The van der Waals surface area contributed by atoms with Gasteiger partial charge in [-0.1, -0.05) is 15.9 Å². The Bertz CT molecular complexity index is 340. The molecule has 2 rings (SSSR count). The first-order chi connectivity index (χ1) is 5.77. The molecule has 0 amide bonds. The van der Waals surface area contributed by atoms with Gasteiger partial charge < -0.3 is 5.32 Å². The number of rotatable bonds is 0. The predicted octanol–water partition coefficient (Wildman–Crippen LogP) is 2.87. The van der Waals surface area contributed by atoms with E-state index < -0.39 is 0 Å². The number of carbonyl (C=O) groups excluding carboxylic acids is 1. The molecule has 1 aromatic rings. The lowest BCUT2D eigenvalue weighted by Crippen LogP contribution is -2.17. The minimum absolute atomic E-state index is 0. The van der Waals surface area contributed by atoms with E-state index in [1.807, 2.05) is 18.2 Å². The van der Waals surface area contributed by atoms with E-state index in [2.05, 4.69) is 21.2 Å². The molecule has 0 spiro atoms. The number of fused-ring (bicyclic) bond motifs is 1. The highest BCUT2D eigenvalue weighted by Gasteiger charge is 2.15. The van der Waals surface area contributed by atoms with Crippen LogP contribution in [0.3, 0.4) is 0 Å². The molecule has 0 unspecified atom stereocenters. The lowest BCUT2D eigenvalue weighted by Gasteiger charge is -2.16. The van der Waals surface area contributed by atoms with Gasteiger partial charge >= 0.3 is 0 Å². The van der Waals surface area contributed by atoms with Gasteiger partial charge in [-0.05, 0) is 18.2 Å². The number of nitrogens with one attached hydrogen (secondary N) is 1. The second kappa shape index (κ2) is 4.11. The van der Waals surface area contributed by atoms with E-state index in [0.29, 0.717) is 6.42 Å². The number of anilines is 1. The maximum atomic E-state index is 11.3. The van der Waals surface area contributed by atoms with E-state index in [-0.39, 0.29) is 18.2 Å². The number of hydrogen-bond acceptors (Lipinski definition) is 2. The molecule has 0 radical (unpaired) electrons. The number of benzene rings is 1. The molecule has 4 heteroatoms. The molecule has 0 atom stereocenters. The lowest BCUT2D eigenvalue weighted by atomic mass is 10.0. The second-order valence-electron chi connectivity index (χ2n) is 2.79. The fourth-order valence-corrected chi connectivity index (χ4v) is 1.71. The molecule has 1 aromatic carbocycles. The van der Waals surface area contributed by atoms with E-state index in [4.69, 9.17) is 0 Å². The van der Waals surface area contributed by atoms with Crippen LogP contribution in [0.5, 0.6) is 0 Å². The van der Waals surface area contributed by atoms with Crippen LogP contribution < -0.4 is 5.32 Å². The summed E-state index contributed by atoms with van der Waals surface area (Å²) < 4.78 is 1.00. The summed E-state index contributed by atoms with van der Waals surface area (Å²) in [5, 5.41) is 3.18. The van der Waals surface area contributed by atoms with Crippen LogP contribution in [-0.2, 0) is 0 Å². The molecule has 0 saturated heterocycles. The third-order valence-corrected chi connectivity index (χ3v) is 2.44. The summed E-state index contributed by atoms with van der Waals surface area (Å²) in [5.74, 6) is 0.233. The summed E-state index contributed by atoms with van der Waals surface area (Å²) in [6.07, 6.45) is 0.606. The van der Waals surface area contributed by atoms with Crippen LogP contribution in [0.4, 0.5) is 5.69 Å². The first-order valence-corrected chi connectivity index (χ1v) is 4.63. The summed E-state index contributed by atoms with van der Waals surface area (Å²) in [6.45, 7) is 0.752. The fraction of sp³-hybridized carbons (Fsp3) is 0.222. The second-order valence-corrected chi connectivity index (χ2v) is 3.71. The summed E-state index contributed by atoms with van der Waals surface area (Å²) in [4.78, 5) is 11.3. The highest BCUT2D eigenvalue weighted by molar-refractivity contribution is 9.10. The van der Waals surface area contributed by atoms with Gasteiger partial charge in [0.15, 0.2) is 5.78 Å². The van der Waals surface area contributed by atoms with Gasteiger partial charge in [0.1, 0.15) is 0 Å². The Kier molecular flexibility index (Phi) is 3.33. The van der Waals surface area contributed by atoms with Gasteiger partial charge in [0.2, 0.25) is 0 Å². The Labute approximate surface area is 91.3 Å². The first kappa shape index (κ1) is 10.5. The van der Waals surface area contributed by atoms with Crippen molar-refractivity contribution in [2.24, 2.45) is 0 Å². The standard InChI is InChI=1S/C9H8BrNO.ClH/c10-6-1-2-7-8(5-6)11-4-3-9(7)12;/h1-2,5,11H,3-4H2;1H. The van der Waals surface area contributed by atoms with Crippen molar-refractivity contribution in [3.05, 3.63) is 28.2 Å². The molecular formula is C9H9BrClNO. The highest BCUT2D eigenvalue weighted by atomic mass is 79.9. The van der Waals surface area contributed by atoms with E-state index in [0.717, 1.165) is 22.3 Å². The zero-order valence-corrected chi connectivity index (χ0v) is 9.24. The number of halogens is 2. The fourth-order valence-electron chi connectivity index (χ4n) is 1.35. The van der Waals surface area contributed by atoms with E-state index in [9.17, 15) is 4.79 Å². The average molecular weight is 263 g/mol. The summed E-state index contributed by atoms with van der Waals surface area (Å²) in [7, 11) is 0. The van der Waals surface area contributed by atoms with Crippen molar-refractivity contribution in [2.75, 3.05) is 11.9 Å². The molecule has 1 aliphatic heterocycles. The van der Waals surface area contributed by atoms with Crippen molar-refractivity contribution in [3.63, 3.8) is 0 Å². The highest BCUT2D eigenvalue weighted by Crippen LogP contribution is 2.25. The van der Waals surface area contributed by atoms with Crippen molar-refractivity contribution in [3.8, 4) is 0 Å². The topological polar surface area (TPSA) is 29.1 Å². The smallest absolute Gasteiger partial charge is 0.166 e. The number of hydrogen-bond donors (Lipinski definition) is 1. The molecule has 0 saturated carbocycles. The third-order valence-electron chi connectivity index (χ3n) is 1.95. The monoisotopic (exact) mass is 261 g/mol. The number of carbonyl (C=O) groups is 1. The maximum absolute atomic E-state index is 11.3. The Balaban J connectivity index is 0.000000845. The Morgan fingerprint density at radius 2 is 2.15 bits per heavy atom. The molecular weight excluding hydrogens is 253 g/mol. The Hall–Kier alpha value is -0.540. The van der Waals surface area contributed by atoms with Gasteiger partial charge in [0.05, 0.1) is 0 Å². The predicted molar refractivity (Wildman–Crippen MR) is 58.8 cm³/mol. The molecule has 0 aliphatic carbocycles. The van der Waals surface area contributed by atoms with Gasteiger partial charge in [-0.15, -0.1) is 12.4 Å². The average Bonchev–Trinajstić information content (AvgIpc) is 2.04. The van der Waals surface area contributed by atoms with Crippen LogP contribution in [0.25, 0.3) is 0 Å². The quantitative estimate of drug-likeness (QED) is 0.779. The van der Waals surface area contributed by atoms with E-state index >= 15 is 0 Å². The van der Waals surface area contributed by atoms with Crippen molar-refractivity contribution < 1.29 is 4.79 Å². The first-order valence-electron chi connectivity index (χ1n) is 3.84. The van der Waals surface area contributed by atoms with Gasteiger partial charge in [0, 0.05) is 28.7 Å². The minimum Gasteiger partial charge on any atom is -0.384 e. The van der Waals surface area contributed by atoms with Crippen molar-refractivity contribution in [2.45, 2.75) is 6.42 Å². The van der Waals surface area contributed by atoms with Crippen LogP contribution in [0, 0.1) is 0 Å². The molecule has 0 aromatic heterocycles. The van der Waals surface area contributed by atoms with Crippen molar-refractivity contribution >= 4 is 39.8 Å². The molecule has 70 valence electrons. The largest absolute Gasteiger partial charge is 0.384 e. The molecule has 0 fully saturated rings. The molecule has 2 nitrogen and oxygen atoms in total. The molecule has 1 aliphatic rings. The normalized spacial score (nSPS) is 14.1. The van der Waals surface area contributed by atoms with Gasteiger partial charge in [0.25, 0.3) is 0 Å². The van der Waals surface area contributed by atoms with E-state index in [1.165, 1.54) is 0 Å². The van der Waals surface area contributed by atoms with Crippen LogP contribution in [0.2, 0.25) is 0 Å².